The van der Waals surface area contributed by atoms with Crippen LogP contribution in [0, 0.1) is 0 Å². The topological polar surface area (TPSA) is 56.7 Å². The molecule has 0 aliphatic rings. The van der Waals surface area contributed by atoms with Crippen LogP contribution in [0.25, 0.3) is 16.9 Å². The molecule has 0 atom stereocenters. The van der Waals surface area contributed by atoms with Gasteiger partial charge in [0.2, 0.25) is 0 Å². The van der Waals surface area contributed by atoms with Gasteiger partial charge in [0.25, 0.3) is 0 Å². The van der Waals surface area contributed by atoms with Gasteiger partial charge in [0, 0.05) is 18.0 Å². The first-order valence-corrected chi connectivity index (χ1v) is 7.01. The zero-order valence-electron chi connectivity index (χ0n) is 12.2. The highest BCUT2D eigenvalue weighted by Crippen LogP contribution is 2.27. The minimum atomic E-state index is 0.519. The predicted molar refractivity (Wildman–Crippen MR) is 85.3 cm³/mol. The van der Waals surface area contributed by atoms with Crippen molar-refractivity contribution in [3.8, 4) is 16.9 Å². The maximum absolute atomic E-state index is 6.11. The van der Waals surface area contributed by atoms with E-state index in [2.05, 4.69) is 48.2 Å². The van der Waals surface area contributed by atoms with Crippen LogP contribution >= 0.6 is 0 Å². The zero-order chi connectivity index (χ0) is 14.8. The van der Waals surface area contributed by atoms with Crippen molar-refractivity contribution in [3.05, 3.63) is 60.6 Å². The van der Waals surface area contributed by atoms with Crippen molar-refractivity contribution in [2.45, 2.75) is 19.8 Å². The quantitative estimate of drug-likeness (QED) is 0.795. The molecular weight excluding hydrogens is 260 g/mol. The van der Waals surface area contributed by atoms with E-state index in [0.717, 1.165) is 16.9 Å². The molecule has 2 N–H and O–H groups in total. The van der Waals surface area contributed by atoms with Gasteiger partial charge in [-0.05, 0) is 23.6 Å². The van der Waals surface area contributed by atoms with Crippen LogP contribution in [0.1, 0.15) is 25.3 Å². The lowest BCUT2D eigenvalue weighted by Gasteiger charge is -2.06. The fourth-order valence-corrected chi connectivity index (χ4v) is 2.27. The van der Waals surface area contributed by atoms with E-state index in [1.165, 1.54) is 5.56 Å². The third kappa shape index (κ3) is 2.65. The first-order valence-electron chi connectivity index (χ1n) is 7.01. The summed E-state index contributed by atoms with van der Waals surface area (Å²) in [7, 11) is 0. The molecule has 4 heteroatoms. The van der Waals surface area contributed by atoms with Crippen LogP contribution in [0.2, 0.25) is 0 Å². The number of pyridine rings is 1. The highest BCUT2D eigenvalue weighted by Gasteiger charge is 2.10. The summed E-state index contributed by atoms with van der Waals surface area (Å²) in [6, 6.07) is 12.2. The predicted octanol–water partition coefficient (Wildman–Crippen LogP) is 3.64. The highest BCUT2D eigenvalue weighted by molar-refractivity contribution is 5.72. The lowest BCUT2D eigenvalue weighted by Crippen LogP contribution is -1.94. The number of nitrogens with zero attached hydrogens (tertiary/aromatic N) is 3. The molecule has 0 aliphatic carbocycles. The van der Waals surface area contributed by atoms with Gasteiger partial charge in [-0.3, -0.25) is 4.98 Å². The molecule has 2 aromatic heterocycles. The molecule has 0 spiro atoms. The molecule has 106 valence electrons. The average molecular weight is 278 g/mol. The van der Waals surface area contributed by atoms with Gasteiger partial charge in [0.05, 0.1) is 17.6 Å². The van der Waals surface area contributed by atoms with E-state index in [0.29, 0.717) is 11.6 Å². The summed E-state index contributed by atoms with van der Waals surface area (Å²) in [6.07, 6.45) is 5.32. The average Bonchev–Trinajstić information content (AvgIpc) is 2.90. The SMILES string of the molecule is CC(C)c1ccc(-c2nn(-c3ccncc3)cc2N)cc1. The van der Waals surface area contributed by atoms with E-state index in [1.54, 1.807) is 17.1 Å². The highest BCUT2D eigenvalue weighted by atomic mass is 15.3. The molecule has 2 heterocycles. The number of hydrogen-bond acceptors (Lipinski definition) is 3. The lowest BCUT2D eigenvalue weighted by molar-refractivity contribution is 0.866. The van der Waals surface area contributed by atoms with E-state index in [1.807, 2.05) is 18.3 Å². The van der Waals surface area contributed by atoms with Gasteiger partial charge in [-0.1, -0.05) is 38.1 Å². The lowest BCUT2D eigenvalue weighted by atomic mass is 10.0. The van der Waals surface area contributed by atoms with E-state index in [-0.39, 0.29) is 0 Å². The van der Waals surface area contributed by atoms with E-state index < -0.39 is 0 Å². The van der Waals surface area contributed by atoms with Gasteiger partial charge < -0.3 is 5.73 Å². The fourth-order valence-electron chi connectivity index (χ4n) is 2.27. The molecule has 4 nitrogen and oxygen atoms in total. The van der Waals surface area contributed by atoms with Crippen molar-refractivity contribution in [1.29, 1.82) is 0 Å². The molecule has 3 aromatic rings. The Morgan fingerprint density at radius 2 is 1.67 bits per heavy atom. The number of rotatable bonds is 3. The van der Waals surface area contributed by atoms with Gasteiger partial charge in [0.15, 0.2) is 0 Å². The van der Waals surface area contributed by atoms with Crippen molar-refractivity contribution >= 4 is 5.69 Å². The normalized spacial score (nSPS) is 11.0. The summed E-state index contributed by atoms with van der Waals surface area (Å²) in [5.74, 6) is 0.519. The molecule has 0 bridgehead atoms. The van der Waals surface area contributed by atoms with Crippen LogP contribution in [0.5, 0.6) is 0 Å². The number of nitrogen functional groups attached to an aromatic ring is 1. The van der Waals surface area contributed by atoms with E-state index >= 15 is 0 Å². The fraction of sp³-hybridized carbons (Fsp3) is 0.176. The zero-order valence-corrected chi connectivity index (χ0v) is 12.2. The molecule has 0 radical (unpaired) electrons. The molecule has 0 unspecified atom stereocenters. The summed E-state index contributed by atoms with van der Waals surface area (Å²) in [5, 5.41) is 4.59. The number of anilines is 1. The summed E-state index contributed by atoms with van der Waals surface area (Å²) in [4.78, 5) is 4.01. The van der Waals surface area contributed by atoms with Crippen LogP contribution in [0.3, 0.4) is 0 Å². The molecule has 0 saturated carbocycles. The Labute approximate surface area is 124 Å². The minimum absolute atomic E-state index is 0.519. The third-order valence-electron chi connectivity index (χ3n) is 3.52. The monoisotopic (exact) mass is 278 g/mol. The first kappa shape index (κ1) is 13.4. The Hall–Kier alpha value is -2.62. The maximum atomic E-state index is 6.11. The molecule has 1 aromatic carbocycles. The summed E-state index contributed by atoms with van der Waals surface area (Å²) < 4.78 is 1.78. The van der Waals surface area contributed by atoms with Crippen LogP contribution in [0.4, 0.5) is 5.69 Å². The van der Waals surface area contributed by atoms with Gasteiger partial charge in [-0.25, -0.2) is 4.68 Å². The molecule has 3 rings (SSSR count). The van der Waals surface area contributed by atoms with Gasteiger partial charge in [-0.15, -0.1) is 0 Å². The van der Waals surface area contributed by atoms with Crippen molar-refractivity contribution in [2.24, 2.45) is 0 Å². The van der Waals surface area contributed by atoms with Crippen LogP contribution < -0.4 is 5.73 Å². The summed E-state index contributed by atoms with van der Waals surface area (Å²) >= 11 is 0. The second-order valence-electron chi connectivity index (χ2n) is 5.36. The molecule has 0 aliphatic heterocycles. The Morgan fingerprint density at radius 3 is 2.29 bits per heavy atom. The number of aromatic nitrogens is 3. The first-order chi connectivity index (χ1) is 10.1. The van der Waals surface area contributed by atoms with Gasteiger partial charge in [0.1, 0.15) is 5.69 Å². The summed E-state index contributed by atoms with van der Waals surface area (Å²) in [5.41, 5.74) is 10.9. The smallest absolute Gasteiger partial charge is 0.116 e. The summed E-state index contributed by atoms with van der Waals surface area (Å²) in [6.45, 7) is 4.36. The van der Waals surface area contributed by atoms with Crippen molar-refractivity contribution in [2.75, 3.05) is 5.73 Å². The Bertz CT molecular complexity index is 727. The largest absolute Gasteiger partial charge is 0.396 e. The standard InChI is InChI=1S/C17H18N4/c1-12(2)13-3-5-14(6-4-13)17-16(18)11-21(20-17)15-7-9-19-10-8-15/h3-12H,18H2,1-2H3. The van der Waals surface area contributed by atoms with Crippen LogP contribution in [0.15, 0.2) is 55.0 Å². The number of benzene rings is 1. The molecule has 21 heavy (non-hydrogen) atoms. The van der Waals surface area contributed by atoms with Crippen LogP contribution in [-0.4, -0.2) is 14.8 Å². The molecule has 0 fully saturated rings. The Morgan fingerprint density at radius 1 is 1.00 bits per heavy atom. The van der Waals surface area contributed by atoms with Gasteiger partial charge >= 0.3 is 0 Å². The third-order valence-corrected chi connectivity index (χ3v) is 3.52. The second kappa shape index (κ2) is 5.40. The van der Waals surface area contributed by atoms with Crippen molar-refractivity contribution in [1.82, 2.24) is 14.8 Å². The van der Waals surface area contributed by atoms with Crippen molar-refractivity contribution < 1.29 is 0 Å². The molecule has 0 saturated heterocycles. The maximum Gasteiger partial charge on any atom is 0.116 e. The Balaban J connectivity index is 1.98. The second-order valence-corrected chi connectivity index (χ2v) is 5.36. The van der Waals surface area contributed by atoms with E-state index in [9.17, 15) is 0 Å². The minimum Gasteiger partial charge on any atom is -0.396 e. The molecular formula is C17H18N4. The van der Waals surface area contributed by atoms with Crippen LogP contribution in [-0.2, 0) is 0 Å². The molecule has 0 amide bonds. The Kier molecular flexibility index (Phi) is 3.44. The number of hydrogen-bond donors (Lipinski definition) is 1. The van der Waals surface area contributed by atoms with Gasteiger partial charge in [-0.2, -0.15) is 5.10 Å². The van der Waals surface area contributed by atoms with E-state index in [4.69, 9.17) is 5.73 Å². The number of nitrogens with two attached hydrogens (primary N) is 1. The van der Waals surface area contributed by atoms with Crippen molar-refractivity contribution in [3.63, 3.8) is 0 Å².